The van der Waals surface area contributed by atoms with E-state index in [4.69, 9.17) is 10.2 Å². The van der Waals surface area contributed by atoms with E-state index in [2.05, 4.69) is 0 Å². The van der Waals surface area contributed by atoms with Crippen LogP contribution in [0.25, 0.3) is 0 Å². The van der Waals surface area contributed by atoms with Crippen LogP contribution in [-0.4, -0.2) is 27.3 Å². The quantitative estimate of drug-likeness (QED) is 0.616. The second kappa shape index (κ2) is 4.40. The van der Waals surface area contributed by atoms with Crippen LogP contribution in [-0.2, 0) is 11.2 Å². The van der Waals surface area contributed by atoms with Crippen LogP contribution in [0.15, 0.2) is 24.3 Å². The second-order valence-corrected chi connectivity index (χ2v) is 3.14. The third-order valence-electron chi connectivity index (χ3n) is 1.97. The molecule has 88 valence electrons. The van der Waals surface area contributed by atoms with Gasteiger partial charge >= 0.3 is 11.8 Å². The minimum atomic E-state index is -3.77. The van der Waals surface area contributed by atoms with Gasteiger partial charge in [0.1, 0.15) is 5.75 Å². The summed E-state index contributed by atoms with van der Waals surface area (Å²) in [5.41, 5.74) is 0.0306. The molecule has 0 fully saturated rings. The molecule has 0 radical (unpaired) electrons. The molecule has 0 aliphatic carbocycles. The minimum absolute atomic E-state index is 0.0306. The molecule has 1 rings (SSSR count). The lowest BCUT2D eigenvalue weighted by atomic mass is 10.0. The first-order valence-corrected chi connectivity index (χ1v) is 4.18. The number of phenolic OH excluding ortho intramolecular Hbond substituents is 1. The molecule has 0 aliphatic rings. The van der Waals surface area contributed by atoms with E-state index in [0.29, 0.717) is 0 Å². The Morgan fingerprint density at radius 3 is 2.19 bits per heavy atom. The van der Waals surface area contributed by atoms with E-state index in [1.165, 1.54) is 0 Å². The smallest absolute Gasteiger partial charge is 0.362 e. The summed E-state index contributed by atoms with van der Waals surface area (Å²) in [7, 11) is 0. The fourth-order valence-electron chi connectivity index (χ4n) is 1.09. The number of hydrogen-bond acceptors (Lipinski definition) is 3. The largest absolute Gasteiger partial charge is 0.508 e. The Balaban J connectivity index is 2.93. The van der Waals surface area contributed by atoms with Crippen molar-refractivity contribution in [2.45, 2.75) is 12.2 Å². The fraction of sp³-hybridized carbons (Fsp3) is 0.222. The number of nitrogens with zero attached hydrogens (tertiary/aromatic N) is 1. The molecule has 0 spiro atoms. The molecule has 4 nitrogen and oxygen atoms in total. The van der Waals surface area contributed by atoms with Gasteiger partial charge in [0.25, 0.3) is 0 Å². The van der Waals surface area contributed by atoms with Gasteiger partial charge < -0.3 is 10.2 Å². The first-order valence-electron chi connectivity index (χ1n) is 4.18. The van der Waals surface area contributed by atoms with Gasteiger partial charge in [0.2, 0.25) is 0 Å². The van der Waals surface area contributed by atoms with Crippen LogP contribution in [0.1, 0.15) is 5.56 Å². The van der Waals surface area contributed by atoms with E-state index in [1.807, 2.05) is 0 Å². The van der Waals surface area contributed by atoms with Gasteiger partial charge in [0, 0.05) is 6.42 Å². The normalized spacial score (nSPS) is 14.8. The number of rotatable bonds is 4. The van der Waals surface area contributed by atoms with Crippen LogP contribution in [0, 0.1) is 0 Å². The van der Waals surface area contributed by atoms with Gasteiger partial charge in [-0.2, -0.15) is 0 Å². The van der Waals surface area contributed by atoms with Gasteiger partial charge in [-0.05, 0) is 17.7 Å². The summed E-state index contributed by atoms with van der Waals surface area (Å²) in [6.07, 6.45) is -1.02. The van der Waals surface area contributed by atoms with Crippen molar-refractivity contribution in [2.75, 3.05) is 0 Å². The summed E-state index contributed by atoms with van der Waals surface area (Å²) in [6, 6.07) is 4.63. The van der Waals surface area contributed by atoms with E-state index in [1.54, 1.807) is 0 Å². The van der Waals surface area contributed by atoms with Gasteiger partial charge in [-0.1, -0.05) is 21.1 Å². The fourth-order valence-corrected chi connectivity index (χ4v) is 1.09. The van der Waals surface area contributed by atoms with Crippen LogP contribution in [0.3, 0.4) is 0 Å². The lowest BCUT2D eigenvalue weighted by Gasteiger charge is -2.19. The number of carbonyl (C=O) groups is 1. The lowest BCUT2D eigenvalue weighted by Crippen LogP contribution is -2.45. The lowest BCUT2D eigenvalue weighted by molar-refractivity contribution is -0.275. The molecule has 0 amide bonds. The molecular weight excluding hydrogens is 227 g/mol. The summed E-state index contributed by atoms with van der Waals surface area (Å²) >= 11 is 0. The second-order valence-electron chi connectivity index (χ2n) is 3.14. The highest BCUT2D eigenvalue weighted by Crippen LogP contribution is 2.25. The number of phenols is 1. The first kappa shape index (κ1) is 12.3. The van der Waals surface area contributed by atoms with Gasteiger partial charge in [0.05, 0.1) is 5.34 Å². The summed E-state index contributed by atoms with van der Waals surface area (Å²) in [4.78, 5) is 10.4. The third-order valence-corrected chi connectivity index (χ3v) is 1.97. The Labute approximate surface area is 88.4 Å². The topological polar surface area (TPSA) is 60.8 Å². The number of aromatic hydroxyl groups is 1. The van der Waals surface area contributed by atoms with Crippen LogP contribution in [0.4, 0.5) is 13.4 Å². The average molecular weight is 235 g/mol. The van der Waals surface area contributed by atoms with Crippen molar-refractivity contribution in [1.82, 2.24) is 5.34 Å². The van der Waals surface area contributed by atoms with Gasteiger partial charge in [-0.15, -0.1) is 0 Å². The molecule has 2 N–H and O–H groups in total. The van der Waals surface area contributed by atoms with Crippen molar-refractivity contribution < 1.29 is 28.4 Å². The molecular formula is C9H8F3NO3. The first-order chi connectivity index (χ1) is 7.36. The van der Waals surface area contributed by atoms with E-state index in [0.717, 1.165) is 24.3 Å². The monoisotopic (exact) mass is 235 g/mol. The number of carboxylic acids is 1. The zero-order valence-corrected chi connectivity index (χ0v) is 7.90. The van der Waals surface area contributed by atoms with Crippen molar-refractivity contribution in [3.8, 4) is 5.75 Å². The van der Waals surface area contributed by atoms with E-state index in [-0.39, 0.29) is 11.3 Å². The van der Waals surface area contributed by atoms with Crippen molar-refractivity contribution in [2.24, 2.45) is 0 Å². The molecule has 0 unspecified atom stereocenters. The minimum Gasteiger partial charge on any atom is -0.508 e. The van der Waals surface area contributed by atoms with Crippen LogP contribution < -0.4 is 0 Å². The molecule has 16 heavy (non-hydrogen) atoms. The molecule has 0 saturated carbocycles. The van der Waals surface area contributed by atoms with Crippen LogP contribution in [0.5, 0.6) is 5.75 Å². The number of aliphatic carboxylic acids is 1. The molecule has 0 saturated heterocycles. The molecule has 0 bridgehead atoms. The van der Waals surface area contributed by atoms with Gasteiger partial charge in [0.15, 0.2) is 0 Å². The molecule has 1 aromatic rings. The standard InChI is InChI=1S/C9H8F3NO3/c10-9(8(15)16,13(11)12)5-6-1-3-7(14)4-2-6/h1-4,14H,5H2,(H,15,16)/t9-/m0/s1. The maximum absolute atomic E-state index is 13.3. The third kappa shape index (κ3) is 2.43. The highest BCUT2D eigenvalue weighted by atomic mass is 19.4. The highest BCUT2D eigenvalue weighted by Gasteiger charge is 2.47. The summed E-state index contributed by atoms with van der Waals surface area (Å²) in [5.74, 6) is -6.16. The maximum Gasteiger partial charge on any atom is 0.362 e. The Hall–Kier alpha value is -1.76. The van der Waals surface area contributed by atoms with E-state index >= 15 is 0 Å². The Morgan fingerprint density at radius 1 is 1.31 bits per heavy atom. The number of hydrogen-bond donors (Lipinski definition) is 2. The van der Waals surface area contributed by atoms with Crippen molar-refractivity contribution in [3.63, 3.8) is 0 Å². The molecule has 1 aromatic carbocycles. The zero-order valence-electron chi connectivity index (χ0n) is 7.90. The molecule has 7 heteroatoms. The van der Waals surface area contributed by atoms with Crippen molar-refractivity contribution in [3.05, 3.63) is 29.8 Å². The Kier molecular flexibility index (Phi) is 3.38. The van der Waals surface area contributed by atoms with Gasteiger partial charge in [-0.3, -0.25) is 0 Å². The summed E-state index contributed by atoms with van der Waals surface area (Å²) in [5, 5.41) is 15.3. The predicted molar refractivity (Wildman–Crippen MR) is 47.3 cm³/mol. The highest BCUT2D eigenvalue weighted by molar-refractivity contribution is 5.76. The summed E-state index contributed by atoms with van der Waals surface area (Å²) in [6.45, 7) is 0. The SMILES string of the molecule is O=C(O)[C@](F)(Cc1ccc(O)cc1)N(F)F. The van der Waals surface area contributed by atoms with Crippen LogP contribution in [0.2, 0.25) is 0 Å². The van der Waals surface area contributed by atoms with Crippen molar-refractivity contribution >= 4 is 5.97 Å². The van der Waals surface area contributed by atoms with E-state index < -0.39 is 23.5 Å². The molecule has 0 aliphatic heterocycles. The predicted octanol–water partition coefficient (Wildman–Crippen LogP) is 1.76. The number of alkyl halides is 1. The number of halogens is 3. The molecule has 0 heterocycles. The zero-order chi connectivity index (χ0) is 12.3. The van der Waals surface area contributed by atoms with Crippen molar-refractivity contribution in [1.29, 1.82) is 0 Å². The number of carboxylic acid groups (broad SMARTS) is 1. The molecule has 0 aromatic heterocycles. The van der Waals surface area contributed by atoms with Crippen LogP contribution >= 0.6 is 0 Å². The molecule has 1 atom stereocenters. The number of benzene rings is 1. The Morgan fingerprint density at radius 2 is 1.81 bits per heavy atom. The summed E-state index contributed by atoms with van der Waals surface area (Å²) < 4.78 is 37.6. The Bertz CT molecular complexity index is 382. The van der Waals surface area contributed by atoms with Gasteiger partial charge in [-0.25, -0.2) is 9.18 Å². The average Bonchev–Trinajstić information content (AvgIpc) is 2.20. The van der Waals surface area contributed by atoms with E-state index in [9.17, 15) is 18.1 Å². The maximum atomic E-state index is 13.3.